The van der Waals surface area contributed by atoms with Crippen LogP contribution in [-0.2, 0) is 11.3 Å². The Labute approximate surface area is 132 Å². The first kappa shape index (κ1) is 16.0. The van der Waals surface area contributed by atoms with Crippen LogP contribution < -0.4 is 10.9 Å². The van der Waals surface area contributed by atoms with Gasteiger partial charge in [-0.2, -0.15) is 5.10 Å². The fraction of sp³-hybridized carbons (Fsp3) is 0.643. The van der Waals surface area contributed by atoms with Gasteiger partial charge in [0.15, 0.2) is 0 Å². The second kappa shape index (κ2) is 7.06. The number of hydrogen-bond acceptors (Lipinski definition) is 4. The molecule has 0 aliphatic carbocycles. The minimum atomic E-state index is -0.377. The second-order valence-electron chi connectivity index (χ2n) is 5.25. The zero-order valence-electron chi connectivity index (χ0n) is 12.4. The molecule has 1 aromatic rings. The zero-order chi connectivity index (χ0) is 15.4. The smallest absolute Gasteiger partial charge is 0.283 e. The number of likely N-dealkylation sites (tertiary alicyclic amines) is 1. The molecule has 7 heteroatoms. The van der Waals surface area contributed by atoms with Crippen LogP contribution in [0, 0.1) is 0 Å². The quantitative estimate of drug-likeness (QED) is 0.893. The fourth-order valence-electron chi connectivity index (χ4n) is 2.47. The molecule has 1 N–H and O–H groups in total. The Morgan fingerprint density at radius 3 is 2.71 bits per heavy atom. The number of nitrogens with zero attached hydrogens (tertiary/aromatic N) is 3. The molecular formula is C14H21BrN4O2. The van der Waals surface area contributed by atoms with E-state index in [4.69, 9.17) is 0 Å². The van der Waals surface area contributed by atoms with Crippen LogP contribution in [0.3, 0.4) is 0 Å². The van der Waals surface area contributed by atoms with Crippen molar-refractivity contribution in [1.82, 2.24) is 14.7 Å². The molecule has 6 nitrogen and oxygen atoms in total. The van der Waals surface area contributed by atoms with Gasteiger partial charge in [-0.3, -0.25) is 9.59 Å². The molecule has 0 aromatic carbocycles. The number of carbonyl (C=O) groups is 1. The summed E-state index contributed by atoms with van der Waals surface area (Å²) in [7, 11) is 0. The van der Waals surface area contributed by atoms with Crippen molar-refractivity contribution in [3.63, 3.8) is 0 Å². The van der Waals surface area contributed by atoms with Crippen molar-refractivity contribution in [2.75, 3.05) is 18.4 Å². The molecule has 0 saturated carbocycles. The lowest BCUT2D eigenvalue weighted by molar-refractivity contribution is -0.132. The first-order chi connectivity index (χ1) is 10.0. The highest BCUT2D eigenvalue weighted by Crippen LogP contribution is 2.18. The molecule has 1 amide bonds. The predicted molar refractivity (Wildman–Crippen MR) is 85.4 cm³/mol. The second-order valence-corrected chi connectivity index (χ2v) is 6.04. The van der Waals surface area contributed by atoms with E-state index in [1.807, 2.05) is 18.7 Å². The van der Waals surface area contributed by atoms with Gasteiger partial charge in [0.25, 0.3) is 5.56 Å². The number of rotatable bonds is 4. The molecule has 1 aliphatic rings. The van der Waals surface area contributed by atoms with Gasteiger partial charge < -0.3 is 10.2 Å². The fourth-order valence-corrected chi connectivity index (χ4v) is 2.90. The van der Waals surface area contributed by atoms with E-state index in [9.17, 15) is 9.59 Å². The highest BCUT2D eigenvalue weighted by Gasteiger charge is 2.23. The standard InChI is InChI=1S/C14H21BrN4O2/c1-3-19-14(21)12(15)11(9-16-19)17-10(2)13(20)18-7-5-4-6-8-18/h9-10,17H,3-8H2,1-2H3. The van der Waals surface area contributed by atoms with Gasteiger partial charge in [-0.05, 0) is 49.0 Å². The van der Waals surface area contributed by atoms with E-state index in [1.54, 1.807) is 6.20 Å². The lowest BCUT2D eigenvalue weighted by Gasteiger charge is -2.29. The first-order valence-corrected chi connectivity index (χ1v) is 8.14. The van der Waals surface area contributed by atoms with Gasteiger partial charge in [0.2, 0.25) is 5.91 Å². The highest BCUT2D eigenvalue weighted by molar-refractivity contribution is 9.10. The number of aryl methyl sites for hydroxylation is 1. The summed E-state index contributed by atoms with van der Waals surface area (Å²) < 4.78 is 1.78. The zero-order valence-corrected chi connectivity index (χ0v) is 14.0. The molecule has 1 aliphatic heterocycles. The summed E-state index contributed by atoms with van der Waals surface area (Å²) in [4.78, 5) is 26.2. The van der Waals surface area contributed by atoms with E-state index in [1.165, 1.54) is 11.1 Å². The van der Waals surface area contributed by atoms with Crippen molar-refractivity contribution in [3.8, 4) is 0 Å². The van der Waals surface area contributed by atoms with Gasteiger partial charge in [-0.15, -0.1) is 0 Å². The van der Waals surface area contributed by atoms with Crippen LogP contribution in [-0.4, -0.2) is 39.7 Å². The van der Waals surface area contributed by atoms with Crippen LogP contribution >= 0.6 is 15.9 Å². The number of nitrogens with one attached hydrogen (secondary N) is 1. The van der Waals surface area contributed by atoms with Crippen molar-refractivity contribution in [3.05, 3.63) is 21.0 Å². The van der Waals surface area contributed by atoms with Gasteiger partial charge in [0, 0.05) is 19.6 Å². The molecule has 1 fully saturated rings. The van der Waals surface area contributed by atoms with E-state index in [0.717, 1.165) is 25.9 Å². The van der Waals surface area contributed by atoms with Crippen molar-refractivity contribution < 1.29 is 4.79 Å². The number of amides is 1. The predicted octanol–water partition coefficient (Wildman–Crippen LogP) is 1.84. The Balaban J connectivity index is 2.08. The summed E-state index contributed by atoms with van der Waals surface area (Å²) in [6.45, 7) is 5.83. The van der Waals surface area contributed by atoms with Crippen LogP contribution in [0.15, 0.2) is 15.5 Å². The molecule has 2 heterocycles. The monoisotopic (exact) mass is 356 g/mol. The van der Waals surface area contributed by atoms with E-state index in [2.05, 4.69) is 26.3 Å². The first-order valence-electron chi connectivity index (χ1n) is 7.35. The molecule has 116 valence electrons. The van der Waals surface area contributed by atoms with Crippen molar-refractivity contribution in [2.24, 2.45) is 0 Å². The molecule has 0 spiro atoms. The molecule has 0 radical (unpaired) electrons. The molecule has 1 unspecified atom stereocenters. The van der Waals surface area contributed by atoms with E-state index >= 15 is 0 Å². The van der Waals surface area contributed by atoms with Crippen LogP contribution in [0.4, 0.5) is 5.69 Å². The number of anilines is 1. The summed E-state index contributed by atoms with van der Waals surface area (Å²) in [6.07, 6.45) is 4.90. The van der Waals surface area contributed by atoms with Crippen LogP contribution in [0.5, 0.6) is 0 Å². The Bertz CT molecular complexity index is 567. The van der Waals surface area contributed by atoms with Crippen molar-refractivity contribution in [2.45, 2.75) is 45.7 Å². The van der Waals surface area contributed by atoms with Crippen LogP contribution in [0.1, 0.15) is 33.1 Å². The normalized spacial score (nSPS) is 16.6. The van der Waals surface area contributed by atoms with E-state index in [0.29, 0.717) is 16.7 Å². The molecule has 1 atom stereocenters. The third-order valence-corrected chi connectivity index (χ3v) is 4.46. The average Bonchev–Trinajstić information content (AvgIpc) is 2.52. The summed E-state index contributed by atoms with van der Waals surface area (Å²) in [5.41, 5.74) is 0.364. The van der Waals surface area contributed by atoms with Gasteiger partial charge in [0.1, 0.15) is 10.5 Å². The van der Waals surface area contributed by atoms with Gasteiger partial charge in [-0.25, -0.2) is 4.68 Å². The number of halogens is 1. The lowest BCUT2D eigenvalue weighted by Crippen LogP contribution is -2.44. The SMILES string of the molecule is CCn1ncc(NC(C)C(=O)N2CCCCC2)c(Br)c1=O. The summed E-state index contributed by atoms with van der Waals surface area (Å²) >= 11 is 3.28. The summed E-state index contributed by atoms with van der Waals surface area (Å²) in [6, 6.07) is -0.377. The van der Waals surface area contributed by atoms with Crippen LogP contribution in [0.2, 0.25) is 0 Å². The number of hydrogen-bond donors (Lipinski definition) is 1. The maximum atomic E-state index is 12.4. The van der Waals surface area contributed by atoms with Crippen LogP contribution in [0.25, 0.3) is 0 Å². The average molecular weight is 357 g/mol. The Morgan fingerprint density at radius 2 is 2.10 bits per heavy atom. The third kappa shape index (κ3) is 3.64. The minimum Gasteiger partial charge on any atom is -0.372 e. The maximum Gasteiger partial charge on any atom is 0.283 e. The molecule has 21 heavy (non-hydrogen) atoms. The number of piperidine rings is 1. The third-order valence-electron chi connectivity index (χ3n) is 3.69. The Hall–Kier alpha value is -1.37. The maximum absolute atomic E-state index is 12.4. The lowest BCUT2D eigenvalue weighted by atomic mass is 10.1. The van der Waals surface area contributed by atoms with E-state index in [-0.39, 0.29) is 17.5 Å². The molecule has 1 saturated heterocycles. The topological polar surface area (TPSA) is 67.2 Å². The van der Waals surface area contributed by atoms with E-state index < -0.39 is 0 Å². The van der Waals surface area contributed by atoms with Gasteiger partial charge in [-0.1, -0.05) is 0 Å². The van der Waals surface area contributed by atoms with Crippen molar-refractivity contribution >= 4 is 27.5 Å². The summed E-state index contributed by atoms with van der Waals surface area (Å²) in [5, 5.41) is 7.15. The van der Waals surface area contributed by atoms with Crippen molar-refractivity contribution in [1.29, 1.82) is 0 Å². The Morgan fingerprint density at radius 1 is 1.43 bits per heavy atom. The largest absolute Gasteiger partial charge is 0.372 e. The minimum absolute atomic E-state index is 0.0706. The number of aromatic nitrogens is 2. The highest BCUT2D eigenvalue weighted by atomic mass is 79.9. The molecular weight excluding hydrogens is 336 g/mol. The number of carbonyl (C=O) groups excluding carboxylic acids is 1. The Kier molecular flexibility index (Phi) is 5.39. The molecule has 2 rings (SSSR count). The summed E-state index contributed by atoms with van der Waals surface area (Å²) in [5.74, 6) is 0.0706. The molecule has 0 bridgehead atoms. The van der Waals surface area contributed by atoms with Gasteiger partial charge in [0.05, 0.1) is 11.9 Å². The van der Waals surface area contributed by atoms with Gasteiger partial charge >= 0.3 is 0 Å². The molecule has 1 aromatic heterocycles.